The average Bonchev–Trinajstić information content (AvgIpc) is 2.35. The van der Waals surface area contributed by atoms with Crippen molar-refractivity contribution in [1.82, 2.24) is 0 Å². The standard InChI is InChI=1S/C15H16BrFN2O/c1-3-20-12-6-10(18)5-11(7-12)19-15-8-14(17)13(16)4-9(15)2/h4-8,19H,3,18H2,1-2H3. The zero-order chi connectivity index (χ0) is 14.7. The first-order valence-corrected chi connectivity index (χ1v) is 7.05. The van der Waals surface area contributed by atoms with E-state index >= 15 is 0 Å². The molecule has 0 aliphatic carbocycles. The molecule has 3 N–H and O–H groups in total. The molecule has 0 heterocycles. The molecule has 0 bridgehead atoms. The Hall–Kier alpha value is -1.75. The zero-order valence-electron chi connectivity index (χ0n) is 11.3. The summed E-state index contributed by atoms with van der Waals surface area (Å²) in [5, 5.41) is 3.16. The number of hydrogen-bond acceptors (Lipinski definition) is 3. The van der Waals surface area contributed by atoms with Gasteiger partial charge in [0.15, 0.2) is 0 Å². The van der Waals surface area contributed by atoms with Gasteiger partial charge >= 0.3 is 0 Å². The van der Waals surface area contributed by atoms with E-state index in [1.807, 2.05) is 19.9 Å². The number of nitrogens with one attached hydrogen (secondary N) is 1. The van der Waals surface area contributed by atoms with Gasteiger partial charge < -0.3 is 15.8 Å². The molecule has 0 aliphatic heterocycles. The summed E-state index contributed by atoms with van der Waals surface area (Å²) in [4.78, 5) is 0. The van der Waals surface area contributed by atoms with Crippen molar-refractivity contribution in [2.24, 2.45) is 0 Å². The lowest BCUT2D eigenvalue weighted by atomic mass is 10.2. The highest BCUT2D eigenvalue weighted by atomic mass is 79.9. The Labute approximate surface area is 126 Å². The highest BCUT2D eigenvalue weighted by Crippen LogP contribution is 2.29. The number of hydrogen-bond donors (Lipinski definition) is 2. The molecule has 5 heteroatoms. The molecule has 0 unspecified atom stereocenters. The summed E-state index contributed by atoms with van der Waals surface area (Å²) in [6.07, 6.45) is 0. The third-order valence-corrected chi connectivity index (χ3v) is 3.39. The fraction of sp³-hybridized carbons (Fsp3) is 0.200. The highest BCUT2D eigenvalue weighted by Gasteiger charge is 2.07. The number of anilines is 3. The van der Waals surface area contributed by atoms with Crippen LogP contribution in [0.3, 0.4) is 0 Å². The Morgan fingerprint density at radius 2 is 2.00 bits per heavy atom. The normalized spacial score (nSPS) is 10.4. The molecule has 0 saturated heterocycles. The quantitative estimate of drug-likeness (QED) is 0.799. The second kappa shape index (κ2) is 6.13. The lowest BCUT2D eigenvalue weighted by molar-refractivity contribution is 0.340. The summed E-state index contributed by atoms with van der Waals surface area (Å²) >= 11 is 3.17. The van der Waals surface area contributed by atoms with Crippen molar-refractivity contribution in [3.8, 4) is 5.75 Å². The number of nitrogens with two attached hydrogens (primary N) is 1. The van der Waals surface area contributed by atoms with Crippen molar-refractivity contribution in [3.05, 3.63) is 46.2 Å². The maximum absolute atomic E-state index is 13.6. The number of ether oxygens (including phenoxy) is 1. The molecule has 0 amide bonds. The summed E-state index contributed by atoms with van der Waals surface area (Å²) in [6, 6.07) is 8.54. The van der Waals surface area contributed by atoms with Crippen molar-refractivity contribution in [2.75, 3.05) is 17.7 Å². The van der Waals surface area contributed by atoms with Crippen LogP contribution in [-0.4, -0.2) is 6.61 Å². The van der Waals surface area contributed by atoms with E-state index < -0.39 is 0 Å². The Morgan fingerprint density at radius 1 is 1.25 bits per heavy atom. The van der Waals surface area contributed by atoms with Gasteiger partial charge in [-0.3, -0.25) is 0 Å². The van der Waals surface area contributed by atoms with E-state index in [1.54, 1.807) is 18.2 Å². The van der Waals surface area contributed by atoms with E-state index in [-0.39, 0.29) is 5.82 Å². The fourth-order valence-electron chi connectivity index (χ4n) is 1.88. The van der Waals surface area contributed by atoms with Crippen LogP contribution in [0.5, 0.6) is 5.75 Å². The molecule has 0 fully saturated rings. The second-order valence-corrected chi connectivity index (χ2v) is 5.28. The molecule has 0 atom stereocenters. The van der Waals surface area contributed by atoms with E-state index in [1.165, 1.54) is 6.07 Å². The predicted octanol–water partition coefficient (Wildman–Crippen LogP) is 4.62. The van der Waals surface area contributed by atoms with Crippen LogP contribution in [0.25, 0.3) is 0 Å². The van der Waals surface area contributed by atoms with Crippen molar-refractivity contribution in [2.45, 2.75) is 13.8 Å². The first kappa shape index (κ1) is 14.7. The van der Waals surface area contributed by atoms with E-state index in [4.69, 9.17) is 10.5 Å². The van der Waals surface area contributed by atoms with Gasteiger partial charge in [0.2, 0.25) is 0 Å². The van der Waals surface area contributed by atoms with Crippen molar-refractivity contribution in [1.29, 1.82) is 0 Å². The minimum atomic E-state index is -0.313. The number of halogens is 2. The molecule has 3 nitrogen and oxygen atoms in total. The molecular formula is C15H16BrFN2O. The van der Waals surface area contributed by atoms with Crippen LogP contribution >= 0.6 is 15.9 Å². The first-order valence-electron chi connectivity index (χ1n) is 6.25. The van der Waals surface area contributed by atoms with Gasteiger partial charge in [0, 0.05) is 29.2 Å². The van der Waals surface area contributed by atoms with Gasteiger partial charge in [0.1, 0.15) is 11.6 Å². The van der Waals surface area contributed by atoms with Crippen LogP contribution in [-0.2, 0) is 0 Å². The molecule has 0 radical (unpaired) electrons. The van der Waals surface area contributed by atoms with Gasteiger partial charge in [-0.25, -0.2) is 4.39 Å². The minimum absolute atomic E-state index is 0.313. The van der Waals surface area contributed by atoms with Crippen LogP contribution in [0.4, 0.5) is 21.5 Å². The molecule has 2 aromatic carbocycles. The summed E-state index contributed by atoms with van der Waals surface area (Å²) < 4.78 is 19.5. The highest BCUT2D eigenvalue weighted by molar-refractivity contribution is 9.10. The Balaban J connectivity index is 2.32. The predicted molar refractivity (Wildman–Crippen MR) is 84.1 cm³/mol. The van der Waals surface area contributed by atoms with Gasteiger partial charge in [-0.05, 0) is 53.5 Å². The molecule has 20 heavy (non-hydrogen) atoms. The number of aryl methyl sites for hydroxylation is 1. The van der Waals surface area contributed by atoms with Crippen LogP contribution in [0.15, 0.2) is 34.8 Å². The van der Waals surface area contributed by atoms with Gasteiger partial charge in [-0.2, -0.15) is 0 Å². The fourth-order valence-corrected chi connectivity index (χ4v) is 2.34. The van der Waals surface area contributed by atoms with Gasteiger partial charge in [0.25, 0.3) is 0 Å². The van der Waals surface area contributed by atoms with Gasteiger partial charge in [-0.1, -0.05) is 0 Å². The average molecular weight is 339 g/mol. The third-order valence-electron chi connectivity index (χ3n) is 2.79. The Morgan fingerprint density at radius 3 is 2.70 bits per heavy atom. The lowest BCUT2D eigenvalue weighted by Gasteiger charge is -2.13. The maximum atomic E-state index is 13.6. The molecule has 0 spiro atoms. The van der Waals surface area contributed by atoms with E-state index in [9.17, 15) is 4.39 Å². The molecule has 2 aromatic rings. The molecule has 106 valence electrons. The summed E-state index contributed by atoms with van der Waals surface area (Å²) in [7, 11) is 0. The van der Waals surface area contributed by atoms with Gasteiger partial charge in [0.05, 0.1) is 11.1 Å². The van der Waals surface area contributed by atoms with E-state index in [0.29, 0.717) is 28.2 Å². The maximum Gasteiger partial charge on any atom is 0.139 e. The number of rotatable bonds is 4. The smallest absolute Gasteiger partial charge is 0.139 e. The third kappa shape index (κ3) is 3.42. The topological polar surface area (TPSA) is 47.3 Å². The second-order valence-electron chi connectivity index (χ2n) is 4.43. The van der Waals surface area contributed by atoms with E-state index in [0.717, 1.165) is 11.3 Å². The monoisotopic (exact) mass is 338 g/mol. The first-order chi connectivity index (χ1) is 9.49. The molecule has 0 aromatic heterocycles. The number of nitrogen functional groups attached to an aromatic ring is 1. The minimum Gasteiger partial charge on any atom is -0.494 e. The molecular weight excluding hydrogens is 323 g/mol. The lowest BCUT2D eigenvalue weighted by Crippen LogP contribution is -1.98. The van der Waals surface area contributed by atoms with Crippen molar-refractivity contribution in [3.63, 3.8) is 0 Å². The van der Waals surface area contributed by atoms with Crippen LogP contribution < -0.4 is 15.8 Å². The summed E-state index contributed by atoms with van der Waals surface area (Å²) in [5.41, 5.74) is 8.81. The molecule has 2 rings (SSSR count). The molecule has 0 saturated carbocycles. The Kier molecular flexibility index (Phi) is 4.49. The molecule has 0 aliphatic rings. The van der Waals surface area contributed by atoms with E-state index in [2.05, 4.69) is 21.2 Å². The summed E-state index contributed by atoms with van der Waals surface area (Å²) in [5.74, 6) is 0.372. The zero-order valence-corrected chi connectivity index (χ0v) is 12.9. The van der Waals surface area contributed by atoms with Crippen LogP contribution in [0.1, 0.15) is 12.5 Å². The summed E-state index contributed by atoms with van der Waals surface area (Å²) in [6.45, 7) is 4.38. The Bertz CT molecular complexity index is 632. The largest absolute Gasteiger partial charge is 0.494 e. The van der Waals surface area contributed by atoms with Gasteiger partial charge in [-0.15, -0.1) is 0 Å². The number of benzene rings is 2. The SMILES string of the molecule is CCOc1cc(N)cc(Nc2cc(F)c(Br)cc2C)c1. The van der Waals surface area contributed by atoms with Crippen LogP contribution in [0, 0.1) is 12.7 Å². The van der Waals surface area contributed by atoms with Crippen molar-refractivity contribution >= 4 is 33.0 Å². The van der Waals surface area contributed by atoms with Crippen molar-refractivity contribution < 1.29 is 9.13 Å². The van der Waals surface area contributed by atoms with Crippen LogP contribution in [0.2, 0.25) is 0 Å².